The van der Waals surface area contributed by atoms with Crippen LogP contribution in [0.4, 0.5) is 0 Å². The number of aromatic nitrogens is 2. The molecule has 0 saturated heterocycles. The first kappa shape index (κ1) is 8.51. The van der Waals surface area contributed by atoms with Crippen molar-refractivity contribution < 1.29 is 0 Å². The van der Waals surface area contributed by atoms with Crippen LogP contribution < -0.4 is 5.73 Å². The van der Waals surface area contributed by atoms with Gasteiger partial charge in [0, 0.05) is 24.4 Å². The minimum Gasteiger partial charge on any atom is -0.327 e. The molecule has 1 heterocycles. The zero-order valence-electron chi connectivity index (χ0n) is 8.07. The topological polar surface area (TPSA) is 43.8 Å². The number of hydrogen-bond acceptors (Lipinski definition) is 2. The number of hydrogen-bond donors (Lipinski definition) is 1. The van der Waals surface area contributed by atoms with Gasteiger partial charge in [-0.05, 0) is 11.0 Å². The highest BCUT2D eigenvalue weighted by atomic mass is 15.2. The Morgan fingerprint density at radius 2 is 2.31 bits per heavy atom. The van der Waals surface area contributed by atoms with E-state index in [1.54, 1.807) is 10.9 Å². The predicted molar refractivity (Wildman–Crippen MR) is 53.1 cm³/mol. The summed E-state index contributed by atoms with van der Waals surface area (Å²) in [5.41, 5.74) is 7.42. The minimum absolute atomic E-state index is 0.231. The molecule has 1 aromatic rings. The summed E-state index contributed by atoms with van der Waals surface area (Å²) >= 11 is 0. The Hall–Kier alpha value is -1.09. The van der Waals surface area contributed by atoms with Gasteiger partial charge in [-0.25, -0.2) is 4.68 Å². The van der Waals surface area contributed by atoms with Crippen molar-refractivity contribution in [1.29, 1.82) is 0 Å². The maximum absolute atomic E-state index is 5.96. The highest BCUT2D eigenvalue weighted by Crippen LogP contribution is 2.57. The number of nitrogens with two attached hydrogens (primary N) is 1. The monoisotopic (exact) mass is 177 g/mol. The van der Waals surface area contributed by atoms with E-state index >= 15 is 0 Å². The van der Waals surface area contributed by atoms with Crippen LogP contribution >= 0.6 is 0 Å². The molecule has 0 aromatic carbocycles. The summed E-state index contributed by atoms with van der Waals surface area (Å²) < 4.78 is 1.72. The molecule has 0 amide bonds. The molecule has 0 spiro atoms. The van der Waals surface area contributed by atoms with E-state index in [4.69, 9.17) is 5.73 Å². The smallest absolute Gasteiger partial charge is 0.0529 e. The zero-order valence-corrected chi connectivity index (χ0v) is 8.07. The Morgan fingerprint density at radius 1 is 1.69 bits per heavy atom. The first-order valence-electron chi connectivity index (χ1n) is 4.49. The van der Waals surface area contributed by atoms with Crippen molar-refractivity contribution >= 4 is 6.20 Å². The van der Waals surface area contributed by atoms with E-state index in [-0.39, 0.29) is 11.5 Å². The van der Waals surface area contributed by atoms with Gasteiger partial charge < -0.3 is 5.73 Å². The fraction of sp³-hybridized carbons (Fsp3) is 0.500. The van der Waals surface area contributed by atoms with Gasteiger partial charge in [0.25, 0.3) is 0 Å². The zero-order chi connectivity index (χ0) is 9.64. The van der Waals surface area contributed by atoms with Crippen LogP contribution in [0.15, 0.2) is 19.0 Å². The van der Waals surface area contributed by atoms with E-state index in [0.717, 1.165) is 0 Å². The highest BCUT2D eigenvalue weighted by molar-refractivity contribution is 5.32. The third-order valence-corrected chi connectivity index (χ3v) is 3.08. The van der Waals surface area contributed by atoms with Gasteiger partial charge in [0.05, 0.1) is 6.20 Å². The molecule has 0 aliphatic heterocycles. The Labute approximate surface area is 78.2 Å². The van der Waals surface area contributed by atoms with Crippen molar-refractivity contribution in [2.24, 2.45) is 11.1 Å². The number of rotatable bonds is 2. The van der Waals surface area contributed by atoms with Gasteiger partial charge in [0.2, 0.25) is 0 Å². The molecular formula is C10H15N3. The van der Waals surface area contributed by atoms with Crippen molar-refractivity contribution in [1.82, 2.24) is 9.78 Å². The SMILES string of the molecule is C=Cn1cc([C@H]2[C@H](N)C2(C)C)cn1. The fourth-order valence-corrected chi connectivity index (χ4v) is 1.93. The highest BCUT2D eigenvalue weighted by Gasteiger charge is 2.56. The van der Waals surface area contributed by atoms with Gasteiger partial charge in [-0.1, -0.05) is 20.4 Å². The van der Waals surface area contributed by atoms with Gasteiger partial charge in [0.1, 0.15) is 0 Å². The van der Waals surface area contributed by atoms with Crippen molar-refractivity contribution in [2.75, 3.05) is 0 Å². The lowest BCUT2D eigenvalue weighted by molar-refractivity contribution is 0.599. The molecule has 1 aromatic heterocycles. The molecule has 1 fully saturated rings. The minimum atomic E-state index is 0.231. The van der Waals surface area contributed by atoms with E-state index in [1.807, 2.05) is 12.4 Å². The quantitative estimate of drug-likeness (QED) is 0.742. The molecule has 2 N–H and O–H groups in total. The van der Waals surface area contributed by atoms with E-state index in [0.29, 0.717) is 5.92 Å². The third-order valence-electron chi connectivity index (χ3n) is 3.08. The van der Waals surface area contributed by atoms with Crippen molar-refractivity contribution in [3.8, 4) is 0 Å². The fourth-order valence-electron chi connectivity index (χ4n) is 1.93. The molecule has 1 aliphatic carbocycles. The average Bonchev–Trinajstić information content (AvgIpc) is 2.55. The molecular weight excluding hydrogens is 162 g/mol. The summed E-state index contributed by atoms with van der Waals surface area (Å²) in [4.78, 5) is 0. The van der Waals surface area contributed by atoms with Gasteiger partial charge in [0.15, 0.2) is 0 Å². The summed E-state index contributed by atoms with van der Waals surface area (Å²) in [7, 11) is 0. The number of nitrogens with zero attached hydrogens (tertiary/aromatic N) is 2. The molecule has 1 aliphatic rings. The first-order chi connectivity index (χ1) is 6.07. The van der Waals surface area contributed by atoms with Crippen LogP contribution in [0.25, 0.3) is 6.20 Å². The molecule has 13 heavy (non-hydrogen) atoms. The molecule has 0 bridgehead atoms. The van der Waals surface area contributed by atoms with Crippen LogP contribution in [0, 0.1) is 5.41 Å². The van der Waals surface area contributed by atoms with E-state index < -0.39 is 0 Å². The van der Waals surface area contributed by atoms with Crippen LogP contribution in [0.3, 0.4) is 0 Å². The standard InChI is InChI=1S/C10H15N3/c1-4-13-6-7(5-12-13)8-9(11)10(8,2)3/h4-6,8-9H,1,11H2,2-3H3/t8-,9-/m0/s1. The van der Waals surface area contributed by atoms with E-state index in [9.17, 15) is 0 Å². The summed E-state index contributed by atoms with van der Waals surface area (Å²) in [5, 5.41) is 4.14. The Bertz CT molecular complexity index is 338. The second kappa shape index (κ2) is 2.45. The second-order valence-electron chi connectivity index (χ2n) is 4.26. The first-order valence-corrected chi connectivity index (χ1v) is 4.49. The Kier molecular flexibility index (Phi) is 1.60. The van der Waals surface area contributed by atoms with Crippen molar-refractivity contribution in [3.63, 3.8) is 0 Å². The summed E-state index contributed by atoms with van der Waals surface area (Å²) in [6.45, 7) is 8.02. The average molecular weight is 177 g/mol. The lowest BCUT2D eigenvalue weighted by Crippen LogP contribution is -2.06. The summed E-state index contributed by atoms with van der Waals surface area (Å²) in [6, 6.07) is 0.273. The predicted octanol–water partition coefficient (Wildman–Crippen LogP) is 1.43. The lowest BCUT2D eigenvalue weighted by Gasteiger charge is -1.97. The van der Waals surface area contributed by atoms with Gasteiger partial charge in [-0.15, -0.1) is 0 Å². The van der Waals surface area contributed by atoms with Crippen LogP contribution in [0.2, 0.25) is 0 Å². The molecule has 3 nitrogen and oxygen atoms in total. The second-order valence-corrected chi connectivity index (χ2v) is 4.26. The Balaban J connectivity index is 2.24. The van der Waals surface area contributed by atoms with Crippen LogP contribution in [-0.4, -0.2) is 15.8 Å². The maximum Gasteiger partial charge on any atom is 0.0529 e. The van der Waals surface area contributed by atoms with Gasteiger partial charge >= 0.3 is 0 Å². The summed E-state index contributed by atoms with van der Waals surface area (Å²) in [6.07, 6.45) is 5.55. The van der Waals surface area contributed by atoms with Crippen molar-refractivity contribution in [2.45, 2.75) is 25.8 Å². The molecule has 2 atom stereocenters. The van der Waals surface area contributed by atoms with Gasteiger partial charge in [-0.2, -0.15) is 5.10 Å². The molecule has 70 valence electrons. The van der Waals surface area contributed by atoms with E-state index in [1.165, 1.54) is 5.56 Å². The normalized spacial score (nSPS) is 30.1. The van der Waals surface area contributed by atoms with Gasteiger partial charge in [-0.3, -0.25) is 0 Å². The van der Waals surface area contributed by atoms with Crippen LogP contribution in [0.5, 0.6) is 0 Å². The van der Waals surface area contributed by atoms with Crippen LogP contribution in [-0.2, 0) is 0 Å². The van der Waals surface area contributed by atoms with Crippen LogP contribution in [0.1, 0.15) is 25.3 Å². The molecule has 2 rings (SSSR count). The lowest BCUT2D eigenvalue weighted by atomic mass is 10.1. The van der Waals surface area contributed by atoms with Crippen molar-refractivity contribution in [3.05, 3.63) is 24.5 Å². The Morgan fingerprint density at radius 3 is 2.69 bits per heavy atom. The largest absolute Gasteiger partial charge is 0.327 e. The van der Waals surface area contributed by atoms with E-state index in [2.05, 4.69) is 25.5 Å². The third kappa shape index (κ3) is 1.11. The molecule has 0 radical (unpaired) electrons. The molecule has 0 unspecified atom stereocenters. The molecule has 1 saturated carbocycles. The molecule has 3 heteroatoms. The summed E-state index contributed by atoms with van der Waals surface area (Å²) in [5.74, 6) is 0.459. The maximum atomic E-state index is 5.96.